The van der Waals surface area contributed by atoms with Crippen LogP contribution in [0.25, 0.3) is 0 Å². The lowest BCUT2D eigenvalue weighted by Crippen LogP contribution is -2.20. The minimum atomic E-state index is -2.11. The number of rotatable bonds is 6. The molecule has 4 aliphatic rings. The van der Waals surface area contributed by atoms with Crippen LogP contribution in [0, 0.1) is 23.7 Å². The minimum absolute atomic E-state index is 0.728. The zero-order valence-electron chi connectivity index (χ0n) is 15.5. The first-order valence-corrected chi connectivity index (χ1v) is 14.5. The van der Waals surface area contributed by atoms with Gasteiger partial charge >= 0.3 is 0 Å². The molecule has 2 fully saturated rings. The molecule has 0 aromatic rings. The van der Waals surface area contributed by atoms with Gasteiger partial charge in [0.25, 0.3) is 6.69 Å². The van der Waals surface area contributed by atoms with Crippen LogP contribution < -0.4 is 0 Å². The molecule has 0 heterocycles. The number of halogens is 2. The SMILES string of the molecule is CC=C1CC2CC1C=C2CC[Si](Cl)(Cl)CCC1=CC2CC1CC2=CC. The van der Waals surface area contributed by atoms with E-state index in [9.17, 15) is 0 Å². The van der Waals surface area contributed by atoms with Gasteiger partial charge in [-0.1, -0.05) is 46.6 Å². The third kappa shape index (κ3) is 3.62. The molecule has 3 heteroatoms. The average molecular weight is 393 g/mol. The van der Waals surface area contributed by atoms with Crippen molar-refractivity contribution >= 4 is 28.9 Å². The van der Waals surface area contributed by atoms with Crippen molar-refractivity contribution < 1.29 is 0 Å². The first kappa shape index (κ1) is 18.1. The van der Waals surface area contributed by atoms with E-state index in [0.29, 0.717) is 0 Å². The van der Waals surface area contributed by atoms with Gasteiger partial charge in [-0.25, -0.2) is 0 Å². The van der Waals surface area contributed by atoms with Gasteiger partial charge < -0.3 is 0 Å². The summed E-state index contributed by atoms with van der Waals surface area (Å²) >= 11 is 13.7. The van der Waals surface area contributed by atoms with Crippen molar-refractivity contribution in [3.05, 3.63) is 46.6 Å². The van der Waals surface area contributed by atoms with Crippen LogP contribution in [0.4, 0.5) is 0 Å². The van der Waals surface area contributed by atoms with E-state index < -0.39 is 6.69 Å². The van der Waals surface area contributed by atoms with E-state index in [1.165, 1.54) is 25.7 Å². The molecule has 136 valence electrons. The molecular weight excluding hydrogens is 363 g/mol. The van der Waals surface area contributed by atoms with Crippen LogP contribution in [0.15, 0.2) is 46.6 Å². The van der Waals surface area contributed by atoms with Gasteiger partial charge in [0.15, 0.2) is 0 Å². The van der Waals surface area contributed by atoms with E-state index in [0.717, 1.165) is 48.6 Å². The van der Waals surface area contributed by atoms with Crippen molar-refractivity contribution in [1.82, 2.24) is 0 Å². The number of fused-ring (bicyclic) bond motifs is 4. The van der Waals surface area contributed by atoms with Crippen molar-refractivity contribution in [2.75, 3.05) is 0 Å². The van der Waals surface area contributed by atoms with Gasteiger partial charge in [-0.05, 0) is 88.1 Å². The highest BCUT2D eigenvalue weighted by Crippen LogP contribution is 2.51. The largest absolute Gasteiger partial charge is 0.252 e. The standard InChI is InChI=1S/C22H30Cl2Si/c1-3-15-9-21-13-19(15)11-17(21)5-7-25(23,24)8-6-18-12-20-14-22(18)10-16(20)4-2/h3-4,11-12,19-22H,5-10,13-14H2,1-2H3. The summed E-state index contributed by atoms with van der Waals surface area (Å²) in [5, 5.41) is 0. The van der Waals surface area contributed by atoms with Crippen LogP contribution >= 0.6 is 22.2 Å². The minimum Gasteiger partial charge on any atom is -0.146 e. The maximum Gasteiger partial charge on any atom is 0.252 e. The molecule has 0 nitrogen and oxygen atoms in total. The van der Waals surface area contributed by atoms with E-state index in [1.807, 2.05) is 0 Å². The molecule has 2 saturated carbocycles. The van der Waals surface area contributed by atoms with Crippen LogP contribution in [0.2, 0.25) is 12.1 Å². The van der Waals surface area contributed by atoms with Crippen LogP contribution in [-0.4, -0.2) is 6.69 Å². The van der Waals surface area contributed by atoms with Crippen LogP contribution in [0.1, 0.15) is 52.4 Å². The summed E-state index contributed by atoms with van der Waals surface area (Å²) in [6, 6.07) is 2.08. The highest BCUT2D eigenvalue weighted by atomic mass is 35.7. The van der Waals surface area contributed by atoms with Gasteiger partial charge in [-0.15, -0.1) is 22.2 Å². The molecule has 4 aliphatic carbocycles. The van der Waals surface area contributed by atoms with E-state index in [2.05, 4.69) is 38.2 Å². The molecule has 0 saturated heterocycles. The van der Waals surface area contributed by atoms with E-state index in [4.69, 9.17) is 22.2 Å². The summed E-state index contributed by atoms with van der Waals surface area (Å²) in [7, 11) is 0. The molecular formula is C22H30Cl2Si. The second kappa shape index (κ2) is 7.06. The topological polar surface area (TPSA) is 0 Å². The summed E-state index contributed by atoms with van der Waals surface area (Å²) in [5.74, 6) is 3.04. The molecule has 4 rings (SSSR count). The molecule has 0 amide bonds. The molecule has 0 spiro atoms. The lowest BCUT2D eigenvalue weighted by Gasteiger charge is -2.22. The smallest absolute Gasteiger partial charge is 0.146 e. The monoisotopic (exact) mass is 392 g/mol. The lowest BCUT2D eigenvalue weighted by atomic mass is 9.93. The molecule has 0 aromatic heterocycles. The Balaban J connectivity index is 1.28. The Hall–Kier alpha value is -0.243. The van der Waals surface area contributed by atoms with E-state index in [1.54, 1.807) is 22.3 Å². The number of hydrogen-bond donors (Lipinski definition) is 0. The third-order valence-corrected chi connectivity index (χ3v) is 11.4. The predicted octanol–water partition coefficient (Wildman–Crippen LogP) is 7.51. The van der Waals surface area contributed by atoms with Gasteiger partial charge in [-0.3, -0.25) is 0 Å². The Bertz CT molecular complexity index is 612. The van der Waals surface area contributed by atoms with Gasteiger partial charge in [0.05, 0.1) is 0 Å². The highest BCUT2D eigenvalue weighted by Gasteiger charge is 2.39. The fraction of sp³-hybridized carbons (Fsp3) is 0.636. The summed E-state index contributed by atoms with van der Waals surface area (Å²) in [4.78, 5) is 0. The van der Waals surface area contributed by atoms with Crippen molar-refractivity contribution in [2.45, 2.75) is 64.5 Å². The predicted molar refractivity (Wildman–Crippen MR) is 112 cm³/mol. The van der Waals surface area contributed by atoms with Gasteiger partial charge in [0, 0.05) is 0 Å². The molecule has 0 radical (unpaired) electrons. The second-order valence-corrected chi connectivity index (χ2v) is 16.2. The average Bonchev–Trinajstić information content (AvgIpc) is 3.36. The van der Waals surface area contributed by atoms with Crippen LogP contribution in [0.3, 0.4) is 0 Å². The van der Waals surface area contributed by atoms with Gasteiger partial charge in [0.1, 0.15) is 0 Å². The zero-order valence-corrected chi connectivity index (χ0v) is 18.0. The Kier molecular flexibility index (Phi) is 5.12. The molecule has 0 aliphatic heterocycles. The van der Waals surface area contributed by atoms with Crippen LogP contribution in [0.5, 0.6) is 0 Å². The van der Waals surface area contributed by atoms with Crippen molar-refractivity contribution in [1.29, 1.82) is 0 Å². The van der Waals surface area contributed by atoms with Crippen molar-refractivity contribution in [3.8, 4) is 0 Å². The first-order valence-electron chi connectivity index (χ1n) is 10.1. The molecule has 0 N–H and O–H groups in total. The van der Waals surface area contributed by atoms with E-state index >= 15 is 0 Å². The van der Waals surface area contributed by atoms with Crippen molar-refractivity contribution in [2.24, 2.45) is 23.7 Å². The summed E-state index contributed by atoms with van der Waals surface area (Å²) in [5.41, 5.74) is 6.62. The summed E-state index contributed by atoms with van der Waals surface area (Å²) < 4.78 is 0. The van der Waals surface area contributed by atoms with Gasteiger partial charge in [0.2, 0.25) is 0 Å². The third-order valence-electron chi connectivity index (χ3n) is 7.17. The lowest BCUT2D eigenvalue weighted by molar-refractivity contribution is 0.640. The fourth-order valence-corrected chi connectivity index (χ4v) is 8.37. The highest BCUT2D eigenvalue weighted by molar-refractivity contribution is 7.45. The van der Waals surface area contributed by atoms with Gasteiger partial charge in [-0.2, -0.15) is 0 Å². The molecule has 25 heavy (non-hydrogen) atoms. The Morgan fingerprint density at radius 3 is 1.64 bits per heavy atom. The molecule has 4 bridgehead atoms. The second-order valence-electron chi connectivity index (χ2n) is 8.55. The maximum absolute atomic E-state index is 6.84. The maximum atomic E-state index is 6.84. The quantitative estimate of drug-likeness (QED) is 0.249. The Morgan fingerprint density at radius 2 is 1.32 bits per heavy atom. The van der Waals surface area contributed by atoms with E-state index in [-0.39, 0.29) is 0 Å². The molecule has 0 aromatic carbocycles. The van der Waals surface area contributed by atoms with Crippen LogP contribution in [-0.2, 0) is 0 Å². The normalized spacial score (nSPS) is 36.6. The summed E-state index contributed by atoms with van der Waals surface area (Å²) in [6.45, 7) is 2.26. The molecule has 4 unspecified atom stereocenters. The Labute approximate surface area is 163 Å². The van der Waals surface area contributed by atoms with Crippen molar-refractivity contribution in [3.63, 3.8) is 0 Å². The first-order chi connectivity index (χ1) is 12.0. The zero-order chi connectivity index (χ0) is 17.6. The summed E-state index contributed by atoms with van der Waals surface area (Å²) in [6.07, 6.45) is 17.2. The molecule has 4 atom stereocenters. The Morgan fingerprint density at radius 1 is 0.880 bits per heavy atom. The number of hydrogen-bond acceptors (Lipinski definition) is 0. The number of allylic oxidation sites excluding steroid dienone is 8. The fourth-order valence-electron chi connectivity index (χ4n) is 5.68.